The topological polar surface area (TPSA) is 0 Å². The van der Waals surface area contributed by atoms with Crippen LogP contribution in [0.3, 0.4) is 0 Å². The van der Waals surface area contributed by atoms with Gasteiger partial charge in [-0.2, -0.15) is 0 Å². The normalized spacial score (nSPS) is 11.1. The van der Waals surface area contributed by atoms with E-state index in [1.54, 1.807) is 6.08 Å². The van der Waals surface area contributed by atoms with Crippen molar-refractivity contribution in [2.75, 3.05) is 0 Å². The molecule has 88 valence electrons. The first-order valence-electron chi connectivity index (χ1n) is 5.08. The Morgan fingerprint density at radius 2 is 1.56 bits per heavy atom. The molecule has 0 spiro atoms. The lowest BCUT2D eigenvalue weighted by Crippen LogP contribution is -1.77. The van der Waals surface area contributed by atoms with E-state index in [4.69, 9.17) is 0 Å². The highest BCUT2D eigenvalue weighted by Gasteiger charge is 1.91. The van der Waals surface area contributed by atoms with E-state index in [2.05, 4.69) is 35.7 Å². The molecule has 0 bridgehead atoms. The molecule has 0 unspecified atom stereocenters. The van der Waals surface area contributed by atoms with Gasteiger partial charge in [0.05, 0.1) is 0 Å². The minimum Gasteiger partial charge on any atom is -0.103 e. The first-order chi connectivity index (χ1) is 7.49. The summed E-state index contributed by atoms with van der Waals surface area (Å²) in [7, 11) is 0. The Bertz CT molecular complexity index is 310. The lowest BCUT2D eigenvalue weighted by molar-refractivity contribution is 1.55. The van der Waals surface area contributed by atoms with Gasteiger partial charge in [-0.15, -0.1) is 6.58 Å². The fraction of sp³-hybridized carbons (Fsp3) is 0.200. The zero-order valence-corrected chi connectivity index (χ0v) is 12.0. The van der Waals surface area contributed by atoms with E-state index in [1.807, 2.05) is 51.2 Å². The number of hydrogen-bond donors (Lipinski definition) is 0. The van der Waals surface area contributed by atoms with E-state index < -0.39 is 0 Å². The highest BCUT2D eigenvalue weighted by Crippen LogP contribution is 2.13. The van der Waals surface area contributed by atoms with Crippen molar-refractivity contribution < 1.29 is 0 Å². The second-order valence-electron chi connectivity index (χ2n) is 3.07. The lowest BCUT2D eigenvalue weighted by Gasteiger charge is -1.98. The quantitative estimate of drug-likeness (QED) is 0.456. The molecule has 0 fully saturated rings. The number of halogens is 1. The Hall–Kier alpha value is -1.08. The number of allylic oxidation sites excluding steroid dienone is 9. The summed E-state index contributed by atoms with van der Waals surface area (Å²) in [6, 6.07) is 0. The van der Waals surface area contributed by atoms with E-state index in [1.165, 1.54) is 0 Å². The summed E-state index contributed by atoms with van der Waals surface area (Å²) in [5, 5.41) is 0. The molecular weight excluding hydrogens is 260 g/mol. The zero-order chi connectivity index (χ0) is 13.0. The first kappa shape index (κ1) is 17.3. The minimum absolute atomic E-state index is 0.926. The Kier molecular flexibility index (Phi) is 13.0. The molecule has 0 amide bonds. The van der Waals surface area contributed by atoms with Crippen LogP contribution in [0.15, 0.2) is 71.8 Å². The van der Waals surface area contributed by atoms with Crippen molar-refractivity contribution in [3.05, 3.63) is 71.8 Å². The molecule has 16 heavy (non-hydrogen) atoms. The highest BCUT2D eigenvalue weighted by molar-refractivity contribution is 9.11. The van der Waals surface area contributed by atoms with Crippen molar-refractivity contribution >= 4 is 15.9 Å². The van der Waals surface area contributed by atoms with Gasteiger partial charge in [0.25, 0.3) is 0 Å². The predicted octanol–water partition coefficient (Wildman–Crippen LogP) is 5.72. The van der Waals surface area contributed by atoms with Crippen molar-refractivity contribution in [2.24, 2.45) is 0 Å². The molecule has 0 saturated heterocycles. The van der Waals surface area contributed by atoms with Crippen LogP contribution in [0.2, 0.25) is 0 Å². The van der Waals surface area contributed by atoms with Crippen LogP contribution in [-0.4, -0.2) is 0 Å². The van der Waals surface area contributed by atoms with Gasteiger partial charge in [0, 0.05) is 0 Å². The van der Waals surface area contributed by atoms with Gasteiger partial charge in [-0.05, 0) is 42.5 Å². The molecule has 0 aromatic heterocycles. The maximum atomic E-state index is 3.89. The average Bonchev–Trinajstić information content (AvgIpc) is 2.18. The minimum atomic E-state index is 0.926. The summed E-state index contributed by atoms with van der Waals surface area (Å²) < 4.78 is 1.05. The second-order valence-corrected chi connectivity index (χ2v) is 4.33. The zero-order valence-electron chi connectivity index (χ0n) is 10.5. The molecule has 0 atom stereocenters. The van der Waals surface area contributed by atoms with Gasteiger partial charge >= 0.3 is 0 Å². The first-order valence-corrected chi connectivity index (χ1v) is 5.87. The van der Waals surface area contributed by atoms with E-state index in [0.717, 1.165) is 15.6 Å². The SMILES string of the molecule is C=C(/C=C\C=C/C)C(=C)/C=C(\C)Br.C=CC. The van der Waals surface area contributed by atoms with Crippen molar-refractivity contribution in [2.45, 2.75) is 20.8 Å². The van der Waals surface area contributed by atoms with Crippen LogP contribution in [0.4, 0.5) is 0 Å². The summed E-state index contributed by atoms with van der Waals surface area (Å²) >= 11 is 3.35. The standard InChI is InChI=1S/C12H15Br.C3H6/c1-5-6-7-8-10(2)11(3)9-12(4)13;1-3-2/h5-9H,2-3H2,1,4H3;3H,1H2,2H3/b6-5-,8-7-,12-9+;. The highest BCUT2D eigenvalue weighted by atomic mass is 79.9. The average molecular weight is 281 g/mol. The molecule has 0 aliphatic rings. The van der Waals surface area contributed by atoms with Gasteiger partial charge in [0.15, 0.2) is 0 Å². The molecule has 0 nitrogen and oxygen atoms in total. The smallest absolute Gasteiger partial charge is 0.00745 e. The summed E-state index contributed by atoms with van der Waals surface area (Å²) in [6.07, 6.45) is 11.5. The van der Waals surface area contributed by atoms with Gasteiger partial charge in [-0.25, -0.2) is 0 Å². The monoisotopic (exact) mass is 280 g/mol. The third-order valence-electron chi connectivity index (χ3n) is 1.39. The van der Waals surface area contributed by atoms with Gasteiger partial charge in [0.2, 0.25) is 0 Å². The van der Waals surface area contributed by atoms with Crippen LogP contribution in [0.5, 0.6) is 0 Å². The second kappa shape index (κ2) is 12.0. The molecule has 0 aromatic rings. The third-order valence-corrected chi connectivity index (χ3v) is 1.62. The fourth-order valence-electron chi connectivity index (χ4n) is 0.723. The summed E-state index contributed by atoms with van der Waals surface area (Å²) in [5.74, 6) is 0. The molecule has 0 N–H and O–H groups in total. The van der Waals surface area contributed by atoms with Crippen molar-refractivity contribution in [3.8, 4) is 0 Å². The van der Waals surface area contributed by atoms with Crippen molar-refractivity contribution in [1.29, 1.82) is 0 Å². The summed E-state index contributed by atoms with van der Waals surface area (Å²) in [5.41, 5.74) is 1.85. The van der Waals surface area contributed by atoms with Crippen LogP contribution in [0, 0.1) is 0 Å². The van der Waals surface area contributed by atoms with Crippen LogP contribution >= 0.6 is 15.9 Å². The maximum Gasteiger partial charge on any atom is -0.00745 e. The Balaban J connectivity index is 0. The number of hydrogen-bond acceptors (Lipinski definition) is 0. The van der Waals surface area contributed by atoms with Crippen molar-refractivity contribution in [1.82, 2.24) is 0 Å². The van der Waals surface area contributed by atoms with E-state index in [-0.39, 0.29) is 0 Å². The lowest BCUT2D eigenvalue weighted by atomic mass is 10.1. The predicted molar refractivity (Wildman–Crippen MR) is 80.8 cm³/mol. The van der Waals surface area contributed by atoms with Gasteiger partial charge in [-0.1, -0.05) is 59.5 Å². The Morgan fingerprint density at radius 1 is 1.06 bits per heavy atom. The van der Waals surface area contributed by atoms with Crippen molar-refractivity contribution in [3.63, 3.8) is 0 Å². The number of rotatable bonds is 4. The van der Waals surface area contributed by atoms with Crippen LogP contribution in [0.25, 0.3) is 0 Å². The molecule has 0 heterocycles. The van der Waals surface area contributed by atoms with Crippen LogP contribution in [-0.2, 0) is 0 Å². The summed E-state index contributed by atoms with van der Waals surface area (Å²) in [4.78, 5) is 0. The van der Waals surface area contributed by atoms with Crippen LogP contribution < -0.4 is 0 Å². The molecule has 0 aromatic carbocycles. The molecule has 0 rings (SSSR count). The van der Waals surface area contributed by atoms with Gasteiger partial charge in [0.1, 0.15) is 0 Å². The molecule has 0 aliphatic carbocycles. The van der Waals surface area contributed by atoms with Gasteiger partial charge < -0.3 is 0 Å². The third kappa shape index (κ3) is 12.9. The van der Waals surface area contributed by atoms with E-state index in [9.17, 15) is 0 Å². The summed E-state index contributed by atoms with van der Waals surface area (Å²) in [6.45, 7) is 17.0. The Morgan fingerprint density at radius 3 is 1.94 bits per heavy atom. The largest absolute Gasteiger partial charge is 0.103 e. The maximum absolute atomic E-state index is 3.89. The van der Waals surface area contributed by atoms with Crippen LogP contribution in [0.1, 0.15) is 20.8 Å². The van der Waals surface area contributed by atoms with Gasteiger partial charge in [-0.3, -0.25) is 0 Å². The molecule has 0 radical (unpaired) electrons. The van der Waals surface area contributed by atoms with E-state index in [0.29, 0.717) is 0 Å². The molecule has 1 heteroatoms. The molecule has 0 saturated carbocycles. The molecular formula is C15H21Br. The molecule has 0 aliphatic heterocycles. The van der Waals surface area contributed by atoms with E-state index >= 15 is 0 Å². The Labute approximate surface area is 109 Å². The fourth-order valence-corrected chi connectivity index (χ4v) is 0.999.